The summed E-state index contributed by atoms with van der Waals surface area (Å²) < 4.78 is 2.31. The minimum atomic E-state index is 0.373. The molecular weight excluding hydrogens is 410 g/mol. The van der Waals surface area contributed by atoms with E-state index in [0.29, 0.717) is 6.04 Å². The molecule has 114 valence electrons. The highest BCUT2D eigenvalue weighted by atomic mass is 79.9. The van der Waals surface area contributed by atoms with E-state index in [0.717, 1.165) is 23.9 Å². The Hall–Kier alpha value is -0.160. The summed E-state index contributed by atoms with van der Waals surface area (Å²) in [5, 5.41) is 3.70. The summed E-state index contributed by atoms with van der Waals surface area (Å²) >= 11 is 9.02. The highest BCUT2D eigenvalue weighted by molar-refractivity contribution is 9.13. The van der Waals surface area contributed by atoms with E-state index in [-0.39, 0.29) is 0 Å². The van der Waals surface area contributed by atoms with Crippen LogP contribution in [0.2, 0.25) is 0 Å². The third-order valence-corrected chi connectivity index (χ3v) is 7.07. The van der Waals surface area contributed by atoms with Gasteiger partial charge in [0.05, 0.1) is 3.79 Å². The maximum Gasteiger partial charge on any atom is 0.0843 e. The van der Waals surface area contributed by atoms with Gasteiger partial charge in [0.2, 0.25) is 0 Å². The summed E-state index contributed by atoms with van der Waals surface area (Å²) in [6.07, 6.45) is 2.19. The van der Waals surface area contributed by atoms with Gasteiger partial charge in [-0.15, -0.1) is 11.3 Å². The van der Waals surface area contributed by atoms with E-state index in [9.17, 15) is 0 Å². The number of aryl methyl sites for hydroxylation is 2. The lowest BCUT2D eigenvalue weighted by Crippen LogP contribution is -2.24. The van der Waals surface area contributed by atoms with Crippen LogP contribution in [0.15, 0.2) is 32.5 Å². The van der Waals surface area contributed by atoms with Crippen LogP contribution in [0.5, 0.6) is 0 Å². The standard InChI is InChI=1S/C17H21Br2NS/c1-4-8-20-15(16-10-14(18)17(19)21-16)9-13-11(2)6-5-7-12(13)3/h5-7,10,15,20H,4,8-9H2,1-3H3. The maximum absolute atomic E-state index is 3.70. The average Bonchev–Trinajstić information content (AvgIpc) is 2.77. The van der Waals surface area contributed by atoms with Crippen molar-refractivity contribution in [3.8, 4) is 0 Å². The van der Waals surface area contributed by atoms with Crippen LogP contribution in [0.3, 0.4) is 0 Å². The molecule has 0 aliphatic heterocycles. The second-order valence-corrected chi connectivity index (χ2v) is 8.61. The van der Waals surface area contributed by atoms with Gasteiger partial charge >= 0.3 is 0 Å². The smallest absolute Gasteiger partial charge is 0.0843 e. The number of benzene rings is 1. The third-order valence-electron chi connectivity index (χ3n) is 3.70. The van der Waals surface area contributed by atoms with Crippen molar-refractivity contribution in [2.75, 3.05) is 6.54 Å². The summed E-state index contributed by atoms with van der Waals surface area (Å²) in [5.74, 6) is 0. The minimum Gasteiger partial charge on any atom is -0.309 e. The zero-order valence-electron chi connectivity index (χ0n) is 12.7. The van der Waals surface area contributed by atoms with Gasteiger partial charge < -0.3 is 5.32 Å². The van der Waals surface area contributed by atoms with E-state index >= 15 is 0 Å². The molecule has 2 aromatic rings. The summed E-state index contributed by atoms with van der Waals surface area (Å²) in [4.78, 5) is 1.38. The molecule has 1 nitrogen and oxygen atoms in total. The molecule has 1 unspecified atom stereocenters. The van der Waals surface area contributed by atoms with Crippen LogP contribution in [0, 0.1) is 13.8 Å². The Bertz CT molecular complexity index is 567. The van der Waals surface area contributed by atoms with Gasteiger partial charge in [0.25, 0.3) is 0 Å². The fourth-order valence-corrected chi connectivity index (χ4v) is 4.67. The Morgan fingerprint density at radius 1 is 1.19 bits per heavy atom. The van der Waals surface area contributed by atoms with Gasteiger partial charge in [-0.3, -0.25) is 0 Å². The quantitative estimate of drug-likeness (QED) is 0.577. The molecule has 0 bridgehead atoms. The molecule has 0 fully saturated rings. The van der Waals surface area contributed by atoms with E-state index in [1.807, 2.05) is 11.3 Å². The number of thiophene rings is 1. The minimum absolute atomic E-state index is 0.373. The van der Waals surface area contributed by atoms with Crippen molar-refractivity contribution in [3.63, 3.8) is 0 Å². The fourth-order valence-electron chi connectivity index (χ4n) is 2.50. The van der Waals surface area contributed by atoms with Crippen molar-refractivity contribution in [2.24, 2.45) is 0 Å². The fraction of sp³-hybridized carbons (Fsp3) is 0.412. The Morgan fingerprint density at radius 3 is 2.38 bits per heavy atom. The molecule has 1 aromatic heterocycles. The van der Waals surface area contributed by atoms with Crippen molar-refractivity contribution in [1.82, 2.24) is 5.32 Å². The SMILES string of the molecule is CCCNC(Cc1c(C)cccc1C)c1cc(Br)c(Br)s1. The maximum atomic E-state index is 3.70. The van der Waals surface area contributed by atoms with Gasteiger partial charge in [-0.1, -0.05) is 25.1 Å². The molecule has 0 saturated heterocycles. The van der Waals surface area contributed by atoms with Crippen LogP contribution in [-0.4, -0.2) is 6.54 Å². The van der Waals surface area contributed by atoms with E-state index in [2.05, 4.69) is 82.2 Å². The van der Waals surface area contributed by atoms with Crippen LogP contribution in [0.1, 0.15) is 41.0 Å². The molecule has 1 atom stereocenters. The molecule has 2 rings (SSSR count). The predicted octanol–water partition coefficient (Wildman–Crippen LogP) is 6.17. The highest BCUT2D eigenvalue weighted by Gasteiger charge is 2.17. The predicted molar refractivity (Wildman–Crippen MR) is 100 cm³/mol. The third kappa shape index (κ3) is 4.41. The lowest BCUT2D eigenvalue weighted by Gasteiger charge is -2.20. The van der Waals surface area contributed by atoms with Crippen LogP contribution >= 0.6 is 43.2 Å². The zero-order chi connectivity index (χ0) is 15.4. The molecule has 1 aromatic carbocycles. The Labute approximate surface area is 148 Å². The molecule has 0 spiro atoms. The monoisotopic (exact) mass is 429 g/mol. The summed E-state index contributed by atoms with van der Waals surface area (Å²) in [6, 6.07) is 9.16. The van der Waals surface area contributed by atoms with Gasteiger partial charge in [0.15, 0.2) is 0 Å². The van der Waals surface area contributed by atoms with E-state index in [1.54, 1.807) is 0 Å². The number of hydrogen-bond acceptors (Lipinski definition) is 2. The van der Waals surface area contributed by atoms with Crippen molar-refractivity contribution < 1.29 is 0 Å². The first-order chi connectivity index (χ1) is 10.0. The molecule has 0 radical (unpaired) electrons. The number of halogens is 2. The largest absolute Gasteiger partial charge is 0.309 e. The summed E-state index contributed by atoms with van der Waals surface area (Å²) in [6.45, 7) is 7.67. The lowest BCUT2D eigenvalue weighted by atomic mass is 9.95. The van der Waals surface area contributed by atoms with E-state index in [1.165, 1.54) is 25.4 Å². The molecule has 0 aliphatic carbocycles. The molecule has 4 heteroatoms. The molecule has 0 aliphatic rings. The first-order valence-electron chi connectivity index (χ1n) is 7.26. The van der Waals surface area contributed by atoms with Gasteiger partial charge in [0.1, 0.15) is 0 Å². The average molecular weight is 431 g/mol. The Balaban J connectivity index is 2.28. The number of rotatable bonds is 6. The zero-order valence-corrected chi connectivity index (χ0v) is 16.7. The molecule has 0 amide bonds. The molecule has 1 heterocycles. The first-order valence-corrected chi connectivity index (χ1v) is 9.66. The topological polar surface area (TPSA) is 12.0 Å². The number of hydrogen-bond donors (Lipinski definition) is 1. The summed E-state index contributed by atoms with van der Waals surface area (Å²) in [5.41, 5.74) is 4.23. The van der Waals surface area contributed by atoms with Crippen molar-refractivity contribution in [3.05, 3.63) is 54.1 Å². The lowest BCUT2D eigenvalue weighted by molar-refractivity contribution is 0.534. The Kier molecular flexibility index (Phi) is 6.48. The second-order valence-electron chi connectivity index (χ2n) is 5.35. The van der Waals surface area contributed by atoms with Crippen LogP contribution < -0.4 is 5.32 Å². The first kappa shape index (κ1) is 17.2. The normalized spacial score (nSPS) is 12.6. The summed E-state index contributed by atoms with van der Waals surface area (Å²) in [7, 11) is 0. The van der Waals surface area contributed by atoms with Crippen molar-refractivity contribution in [1.29, 1.82) is 0 Å². The van der Waals surface area contributed by atoms with Gasteiger partial charge in [0, 0.05) is 15.4 Å². The van der Waals surface area contributed by atoms with E-state index in [4.69, 9.17) is 0 Å². The van der Waals surface area contributed by atoms with Crippen LogP contribution in [0.4, 0.5) is 0 Å². The van der Waals surface area contributed by atoms with Gasteiger partial charge in [-0.05, 0) is 87.9 Å². The van der Waals surface area contributed by atoms with Crippen molar-refractivity contribution in [2.45, 2.75) is 39.7 Å². The molecule has 21 heavy (non-hydrogen) atoms. The van der Waals surface area contributed by atoms with E-state index < -0.39 is 0 Å². The Morgan fingerprint density at radius 2 is 1.86 bits per heavy atom. The van der Waals surface area contributed by atoms with Gasteiger partial charge in [-0.2, -0.15) is 0 Å². The number of nitrogens with one attached hydrogen (secondary N) is 1. The second kappa shape index (κ2) is 7.91. The van der Waals surface area contributed by atoms with Crippen LogP contribution in [-0.2, 0) is 6.42 Å². The molecule has 1 N–H and O–H groups in total. The van der Waals surface area contributed by atoms with Crippen molar-refractivity contribution >= 4 is 43.2 Å². The highest BCUT2D eigenvalue weighted by Crippen LogP contribution is 2.37. The molecular formula is C17H21Br2NS. The van der Waals surface area contributed by atoms with Gasteiger partial charge in [-0.25, -0.2) is 0 Å². The van der Waals surface area contributed by atoms with Crippen LogP contribution in [0.25, 0.3) is 0 Å². The molecule has 0 saturated carbocycles.